The molecule has 2 rings (SSSR count). The van der Waals surface area contributed by atoms with E-state index in [1.54, 1.807) is 19.2 Å². The first kappa shape index (κ1) is 15.7. The molecular weight excluding hydrogens is 310 g/mol. The molecule has 2 aromatic rings. The van der Waals surface area contributed by atoms with Gasteiger partial charge in [-0.25, -0.2) is 18.1 Å². The van der Waals surface area contributed by atoms with Crippen LogP contribution in [0.5, 0.6) is 5.75 Å². The van der Waals surface area contributed by atoms with E-state index in [1.807, 2.05) is 6.92 Å². The zero-order valence-corrected chi connectivity index (χ0v) is 13.6. The van der Waals surface area contributed by atoms with Crippen molar-refractivity contribution in [3.8, 4) is 5.75 Å². The number of ether oxygens (including phenoxy) is 1. The maximum Gasteiger partial charge on any atom is 0.244 e. The highest BCUT2D eigenvalue weighted by Crippen LogP contribution is 2.29. The van der Waals surface area contributed by atoms with Crippen molar-refractivity contribution in [3.05, 3.63) is 33.8 Å². The lowest BCUT2D eigenvalue weighted by Gasteiger charge is -2.12. The number of benzene rings is 1. The molecule has 0 aliphatic carbocycles. The number of anilines is 1. The summed E-state index contributed by atoms with van der Waals surface area (Å²) < 4.78 is 32.5. The van der Waals surface area contributed by atoms with Crippen LogP contribution >= 0.6 is 11.3 Å². The van der Waals surface area contributed by atoms with E-state index in [1.165, 1.54) is 24.5 Å². The highest BCUT2D eigenvalue weighted by molar-refractivity contribution is 7.89. The summed E-state index contributed by atoms with van der Waals surface area (Å²) in [4.78, 5) is 4.97. The lowest BCUT2D eigenvalue weighted by atomic mass is 10.2. The highest BCUT2D eigenvalue weighted by Gasteiger charge is 2.21. The Morgan fingerprint density at radius 3 is 2.67 bits per heavy atom. The smallest absolute Gasteiger partial charge is 0.244 e. The number of nitrogens with two attached hydrogens (primary N) is 1. The molecule has 1 aromatic heterocycles. The highest BCUT2D eigenvalue weighted by atomic mass is 32.2. The molecule has 0 atom stereocenters. The predicted molar refractivity (Wildman–Crippen MR) is 83.0 cm³/mol. The van der Waals surface area contributed by atoms with Crippen LogP contribution in [0.1, 0.15) is 15.4 Å². The second-order valence-electron chi connectivity index (χ2n) is 4.53. The third-order valence-corrected chi connectivity index (χ3v) is 5.28. The van der Waals surface area contributed by atoms with Crippen molar-refractivity contribution in [1.82, 2.24) is 9.71 Å². The maximum atomic E-state index is 12.4. The van der Waals surface area contributed by atoms with E-state index in [0.29, 0.717) is 5.69 Å². The van der Waals surface area contributed by atoms with Crippen molar-refractivity contribution < 1.29 is 13.2 Å². The van der Waals surface area contributed by atoms with Crippen LogP contribution in [0.3, 0.4) is 0 Å². The molecule has 0 aliphatic heterocycles. The summed E-state index contributed by atoms with van der Waals surface area (Å²) in [6, 6.07) is 3.02. The van der Waals surface area contributed by atoms with Crippen LogP contribution in [0, 0.1) is 13.8 Å². The van der Waals surface area contributed by atoms with Gasteiger partial charge in [0, 0.05) is 23.3 Å². The molecular formula is C13H17N3O3S2. The van der Waals surface area contributed by atoms with Gasteiger partial charge in [0.05, 0.1) is 12.1 Å². The predicted octanol–water partition coefficient (Wildman–Crippen LogP) is 1.83. The number of sulfonamides is 1. The van der Waals surface area contributed by atoms with Gasteiger partial charge < -0.3 is 10.5 Å². The zero-order valence-electron chi connectivity index (χ0n) is 12.0. The van der Waals surface area contributed by atoms with Gasteiger partial charge in [0.2, 0.25) is 10.0 Å². The van der Waals surface area contributed by atoms with Crippen LogP contribution in [0.2, 0.25) is 0 Å². The van der Waals surface area contributed by atoms with Gasteiger partial charge in [-0.3, -0.25) is 0 Å². The molecule has 0 radical (unpaired) electrons. The Balaban J connectivity index is 2.28. The summed E-state index contributed by atoms with van der Waals surface area (Å²) in [6.07, 6.45) is 1.66. The standard InChI is InChI=1S/C13H17N3O3S2/c1-8-4-12(19-3)13(5-11(8)14)21(17,18)16-7-10-6-15-9(2)20-10/h4-6,16H,7,14H2,1-3H3. The van der Waals surface area contributed by atoms with Gasteiger partial charge in [0.15, 0.2) is 0 Å². The molecule has 0 bridgehead atoms. The minimum atomic E-state index is -3.71. The number of nitrogen functional groups attached to an aromatic ring is 1. The molecule has 21 heavy (non-hydrogen) atoms. The van der Waals surface area contributed by atoms with Crippen molar-refractivity contribution >= 4 is 27.0 Å². The molecule has 1 aromatic carbocycles. The minimum absolute atomic E-state index is 0.0364. The summed E-state index contributed by atoms with van der Waals surface area (Å²) in [7, 11) is -2.28. The van der Waals surface area contributed by atoms with Crippen LogP contribution in [-0.2, 0) is 16.6 Å². The van der Waals surface area contributed by atoms with Crippen molar-refractivity contribution in [1.29, 1.82) is 0 Å². The normalized spacial score (nSPS) is 11.6. The summed E-state index contributed by atoms with van der Waals surface area (Å²) >= 11 is 1.45. The lowest BCUT2D eigenvalue weighted by Crippen LogP contribution is -2.23. The first-order valence-electron chi connectivity index (χ1n) is 6.18. The molecule has 0 amide bonds. The second kappa shape index (κ2) is 6.00. The maximum absolute atomic E-state index is 12.4. The van der Waals surface area contributed by atoms with Crippen LogP contribution < -0.4 is 15.2 Å². The molecule has 0 aliphatic rings. The van der Waals surface area contributed by atoms with E-state index >= 15 is 0 Å². The molecule has 0 unspecified atom stereocenters. The van der Waals surface area contributed by atoms with Crippen LogP contribution in [0.15, 0.2) is 23.2 Å². The third-order valence-electron chi connectivity index (χ3n) is 2.95. The molecule has 3 N–H and O–H groups in total. The number of nitrogens with one attached hydrogen (secondary N) is 1. The molecule has 0 fully saturated rings. The Hall–Kier alpha value is -1.64. The van der Waals surface area contributed by atoms with Crippen molar-refractivity contribution in [2.45, 2.75) is 25.3 Å². The Morgan fingerprint density at radius 1 is 1.38 bits per heavy atom. The van der Waals surface area contributed by atoms with Gasteiger partial charge in [-0.2, -0.15) is 0 Å². The fourth-order valence-electron chi connectivity index (χ4n) is 1.78. The third kappa shape index (κ3) is 3.52. The van der Waals surface area contributed by atoms with Crippen LogP contribution in [-0.4, -0.2) is 20.5 Å². The molecule has 0 saturated carbocycles. The topological polar surface area (TPSA) is 94.3 Å². The van der Waals surface area contributed by atoms with E-state index in [4.69, 9.17) is 10.5 Å². The van der Waals surface area contributed by atoms with Gasteiger partial charge in [0.25, 0.3) is 0 Å². The van der Waals surface area contributed by atoms with E-state index in [2.05, 4.69) is 9.71 Å². The largest absolute Gasteiger partial charge is 0.495 e. The van der Waals surface area contributed by atoms with Gasteiger partial charge in [-0.05, 0) is 31.5 Å². The average molecular weight is 327 g/mol. The van der Waals surface area contributed by atoms with E-state index in [-0.39, 0.29) is 17.2 Å². The minimum Gasteiger partial charge on any atom is -0.495 e. The number of aromatic nitrogens is 1. The number of aryl methyl sites for hydroxylation is 2. The lowest BCUT2D eigenvalue weighted by molar-refractivity contribution is 0.402. The quantitative estimate of drug-likeness (QED) is 0.817. The van der Waals surface area contributed by atoms with E-state index in [9.17, 15) is 8.42 Å². The van der Waals surface area contributed by atoms with Crippen molar-refractivity contribution in [2.75, 3.05) is 12.8 Å². The Kier molecular flexibility index (Phi) is 4.50. The molecule has 8 heteroatoms. The number of nitrogens with zero attached hydrogens (tertiary/aromatic N) is 1. The van der Waals surface area contributed by atoms with Crippen molar-refractivity contribution in [3.63, 3.8) is 0 Å². The summed E-state index contributed by atoms with van der Waals surface area (Å²) in [5.74, 6) is 0.273. The summed E-state index contributed by atoms with van der Waals surface area (Å²) in [5.41, 5.74) is 6.97. The molecule has 6 nitrogen and oxygen atoms in total. The molecule has 114 valence electrons. The Bertz CT molecular complexity index is 754. The number of thiazole rings is 1. The van der Waals surface area contributed by atoms with Crippen molar-refractivity contribution in [2.24, 2.45) is 0 Å². The number of hydrogen-bond donors (Lipinski definition) is 2. The Morgan fingerprint density at radius 2 is 2.10 bits per heavy atom. The SMILES string of the molecule is COc1cc(C)c(N)cc1S(=O)(=O)NCc1cnc(C)s1. The van der Waals surface area contributed by atoms with E-state index < -0.39 is 10.0 Å². The first-order valence-corrected chi connectivity index (χ1v) is 8.48. The number of methoxy groups -OCH3 is 1. The first-order chi connectivity index (χ1) is 9.83. The molecule has 1 heterocycles. The Labute approximate surface area is 128 Å². The number of hydrogen-bond acceptors (Lipinski definition) is 6. The average Bonchev–Trinajstić information content (AvgIpc) is 2.85. The molecule has 0 saturated heterocycles. The van der Waals surface area contributed by atoms with Gasteiger partial charge in [-0.1, -0.05) is 0 Å². The molecule has 0 spiro atoms. The van der Waals surface area contributed by atoms with Crippen LogP contribution in [0.25, 0.3) is 0 Å². The fourth-order valence-corrected chi connectivity index (χ4v) is 3.79. The van der Waals surface area contributed by atoms with Crippen LogP contribution in [0.4, 0.5) is 5.69 Å². The monoisotopic (exact) mass is 327 g/mol. The second-order valence-corrected chi connectivity index (χ2v) is 7.58. The van der Waals surface area contributed by atoms with Gasteiger partial charge >= 0.3 is 0 Å². The fraction of sp³-hybridized carbons (Fsp3) is 0.308. The summed E-state index contributed by atoms with van der Waals surface area (Å²) in [5, 5.41) is 0.890. The van der Waals surface area contributed by atoms with Gasteiger partial charge in [0.1, 0.15) is 10.6 Å². The zero-order chi connectivity index (χ0) is 15.6. The van der Waals surface area contributed by atoms with Gasteiger partial charge in [-0.15, -0.1) is 11.3 Å². The van der Waals surface area contributed by atoms with E-state index in [0.717, 1.165) is 15.4 Å². The number of rotatable bonds is 5. The summed E-state index contributed by atoms with van der Waals surface area (Å²) in [6.45, 7) is 3.85.